The first-order valence-electron chi connectivity index (χ1n) is 5.68. The zero-order valence-electron chi connectivity index (χ0n) is 10.8. The molecule has 1 atom stereocenters. The molecule has 0 saturated carbocycles. The minimum atomic E-state index is -1.71. The van der Waals surface area contributed by atoms with Crippen molar-refractivity contribution in [2.45, 2.75) is 45.1 Å². The minimum absolute atomic E-state index is 0.0189. The second-order valence-corrected chi connectivity index (χ2v) is 5.71. The van der Waals surface area contributed by atoms with Crippen molar-refractivity contribution in [2.75, 3.05) is 0 Å². The van der Waals surface area contributed by atoms with Crippen molar-refractivity contribution in [2.24, 2.45) is 0 Å². The molecule has 0 amide bonds. The Balaban J connectivity index is 2.98. The Hall–Kier alpha value is -1.35. The van der Waals surface area contributed by atoms with Crippen molar-refractivity contribution in [1.29, 1.82) is 0 Å². The van der Waals surface area contributed by atoms with E-state index in [1.165, 1.54) is 6.92 Å². The van der Waals surface area contributed by atoms with Gasteiger partial charge >= 0.3 is 5.97 Å². The van der Waals surface area contributed by atoms with E-state index < -0.39 is 11.6 Å². The highest BCUT2D eigenvalue weighted by Gasteiger charge is 2.30. The Bertz CT molecular complexity index is 414. The molecule has 1 aromatic rings. The molecule has 0 aliphatic rings. The van der Waals surface area contributed by atoms with E-state index in [0.29, 0.717) is 0 Å². The molecule has 94 valence electrons. The van der Waals surface area contributed by atoms with Crippen LogP contribution in [0.2, 0.25) is 0 Å². The fourth-order valence-electron chi connectivity index (χ4n) is 1.62. The molecule has 3 heteroatoms. The summed E-state index contributed by atoms with van der Waals surface area (Å²) in [5, 5.41) is 18.6. The van der Waals surface area contributed by atoms with Gasteiger partial charge in [0, 0.05) is 6.42 Å². The number of aliphatic carboxylic acids is 1. The summed E-state index contributed by atoms with van der Waals surface area (Å²) >= 11 is 0. The highest BCUT2D eigenvalue weighted by molar-refractivity contribution is 5.76. The molecule has 0 heterocycles. The maximum Gasteiger partial charge on any atom is 0.335 e. The summed E-state index contributed by atoms with van der Waals surface area (Å²) in [6, 6.07) is 7.71. The third kappa shape index (κ3) is 3.56. The lowest BCUT2D eigenvalue weighted by Gasteiger charge is -2.22. The lowest BCUT2D eigenvalue weighted by Crippen LogP contribution is -2.37. The molecule has 0 spiro atoms. The molecule has 0 radical (unpaired) electrons. The number of carbonyl (C=O) groups is 1. The molecule has 2 N–H and O–H groups in total. The molecule has 1 aromatic carbocycles. The molecule has 0 aliphatic heterocycles. The Kier molecular flexibility index (Phi) is 3.62. The van der Waals surface area contributed by atoms with Crippen LogP contribution in [0.25, 0.3) is 0 Å². The molecule has 3 nitrogen and oxygen atoms in total. The van der Waals surface area contributed by atoms with E-state index in [1.54, 1.807) is 0 Å². The highest BCUT2D eigenvalue weighted by atomic mass is 16.4. The average Bonchev–Trinajstić information content (AvgIpc) is 2.15. The summed E-state index contributed by atoms with van der Waals surface area (Å²) in [7, 11) is 0. The zero-order valence-corrected chi connectivity index (χ0v) is 10.8. The molecule has 0 bridgehead atoms. The number of hydrogen-bond donors (Lipinski definition) is 2. The van der Waals surface area contributed by atoms with Crippen LogP contribution in [0.4, 0.5) is 0 Å². The van der Waals surface area contributed by atoms with E-state index in [4.69, 9.17) is 5.11 Å². The molecule has 0 aromatic heterocycles. The Morgan fingerprint density at radius 2 is 1.82 bits per heavy atom. The fraction of sp³-hybridized carbons (Fsp3) is 0.500. The quantitative estimate of drug-likeness (QED) is 0.847. The van der Waals surface area contributed by atoms with Crippen molar-refractivity contribution in [3.05, 3.63) is 35.4 Å². The maximum absolute atomic E-state index is 10.9. The first kappa shape index (κ1) is 13.7. The van der Waals surface area contributed by atoms with Gasteiger partial charge in [0.1, 0.15) is 0 Å². The number of carboxylic acids is 1. The summed E-state index contributed by atoms with van der Waals surface area (Å²) in [4.78, 5) is 10.9. The van der Waals surface area contributed by atoms with Crippen LogP contribution in [0.3, 0.4) is 0 Å². The van der Waals surface area contributed by atoms with Gasteiger partial charge in [-0.1, -0.05) is 45.0 Å². The predicted octanol–water partition coefficient (Wildman–Crippen LogP) is 2.36. The topological polar surface area (TPSA) is 57.5 Å². The Morgan fingerprint density at radius 3 is 2.29 bits per heavy atom. The second kappa shape index (κ2) is 4.49. The SMILES string of the molecule is CC(O)(Cc1cccc(C(C)(C)C)c1)C(=O)O. The lowest BCUT2D eigenvalue weighted by atomic mass is 9.85. The highest BCUT2D eigenvalue weighted by Crippen LogP contribution is 2.24. The van der Waals surface area contributed by atoms with Gasteiger partial charge in [-0.25, -0.2) is 4.79 Å². The van der Waals surface area contributed by atoms with Crippen LogP contribution < -0.4 is 0 Å². The van der Waals surface area contributed by atoms with Crippen molar-refractivity contribution >= 4 is 5.97 Å². The summed E-state index contributed by atoms with van der Waals surface area (Å²) in [5.74, 6) is -1.20. The zero-order chi connectivity index (χ0) is 13.3. The van der Waals surface area contributed by atoms with Crippen LogP contribution in [0.1, 0.15) is 38.8 Å². The number of carboxylic acid groups (broad SMARTS) is 1. The first-order valence-corrected chi connectivity index (χ1v) is 5.68. The van der Waals surface area contributed by atoms with Gasteiger partial charge < -0.3 is 10.2 Å². The first-order chi connectivity index (χ1) is 7.63. The third-order valence-corrected chi connectivity index (χ3v) is 2.80. The summed E-state index contributed by atoms with van der Waals surface area (Å²) in [6.45, 7) is 7.61. The van der Waals surface area contributed by atoms with Gasteiger partial charge in [-0.05, 0) is 23.5 Å². The van der Waals surface area contributed by atoms with Crippen LogP contribution in [0.15, 0.2) is 24.3 Å². The van der Waals surface area contributed by atoms with Crippen LogP contribution >= 0.6 is 0 Å². The monoisotopic (exact) mass is 236 g/mol. The number of rotatable bonds is 3. The number of benzene rings is 1. The summed E-state index contributed by atoms with van der Waals surface area (Å²) in [6.07, 6.45) is 0.117. The van der Waals surface area contributed by atoms with E-state index >= 15 is 0 Å². The molecule has 17 heavy (non-hydrogen) atoms. The van der Waals surface area contributed by atoms with Gasteiger partial charge in [0.2, 0.25) is 0 Å². The van der Waals surface area contributed by atoms with Crippen molar-refractivity contribution in [3.8, 4) is 0 Å². The molecule has 1 rings (SSSR count). The fourth-order valence-corrected chi connectivity index (χ4v) is 1.62. The van der Waals surface area contributed by atoms with E-state index in [1.807, 2.05) is 24.3 Å². The molecular weight excluding hydrogens is 216 g/mol. The maximum atomic E-state index is 10.9. The second-order valence-electron chi connectivity index (χ2n) is 5.71. The normalized spacial score (nSPS) is 15.4. The minimum Gasteiger partial charge on any atom is -0.479 e. The third-order valence-electron chi connectivity index (χ3n) is 2.80. The molecule has 1 unspecified atom stereocenters. The van der Waals surface area contributed by atoms with Gasteiger partial charge in [-0.3, -0.25) is 0 Å². The van der Waals surface area contributed by atoms with Crippen LogP contribution in [-0.4, -0.2) is 21.8 Å². The van der Waals surface area contributed by atoms with Gasteiger partial charge in [-0.2, -0.15) is 0 Å². The van der Waals surface area contributed by atoms with Crippen LogP contribution in [0, 0.1) is 0 Å². The number of hydrogen-bond acceptors (Lipinski definition) is 2. The lowest BCUT2D eigenvalue weighted by molar-refractivity contribution is -0.156. The number of aliphatic hydroxyl groups is 1. The van der Waals surface area contributed by atoms with E-state index in [-0.39, 0.29) is 11.8 Å². The van der Waals surface area contributed by atoms with Crippen LogP contribution in [0.5, 0.6) is 0 Å². The van der Waals surface area contributed by atoms with E-state index in [9.17, 15) is 9.90 Å². The van der Waals surface area contributed by atoms with Gasteiger partial charge in [-0.15, -0.1) is 0 Å². The molecule has 0 fully saturated rings. The molecule has 0 saturated heterocycles. The average molecular weight is 236 g/mol. The largest absolute Gasteiger partial charge is 0.479 e. The molecular formula is C14H20O3. The smallest absolute Gasteiger partial charge is 0.335 e. The predicted molar refractivity (Wildman–Crippen MR) is 67.1 cm³/mol. The van der Waals surface area contributed by atoms with Gasteiger partial charge in [0.25, 0.3) is 0 Å². The van der Waals surface area contributed by atoms with Gasteiger partial charge in [0.05, 0.1) is 0 Å². The van der Waals surface area contributed by atoms with Crippen molar-refractivity contribution < 1.29 is 15.0 Å². The van der Waals surface area contributed by atoms with Crippen LogP contribution in [-0.2, 0) is 16.6 Å². The Morgan fingerprint density at radius 1 is 1.24 bits per heavy atom. The van der Waals surface area contributed by atoms with Gasteiger partial charge in [0.15, 0.2) is 5.60 Å². The summed E-state index contributed by atoms with van der Waals surface area (Å²) < 4.78 is 0. The van der Waals surface area contributed by atoms with Crippen molar-refractivity contribution in [1.82, 2.24) is 0 Å². The standard InChI is InChI=1S/C14H20O3/c1-13(2,3)11-7-5-6-10(8-11)9-14(4,17)12(15)16/h5-8,17H,9H2,1-4H3,(H,15,16). The molecule has 0 aliphatic carbocycles. The van der Waals surface area contributed by atoms with E-state index in [0.717, 1.165) is 11.1 Å². The summed E-state index contributed by atoms with van der Waals surface area (Å²) in [5.41, 5.74) is 0.280. The Labute approximate surface area is 102 Å². The van der Waals surface area contributed by atoms with E-state index in [2.05, 4.69) is 20.8 Å². The van der Waals surface area contributed by atoms with Crippen molar-refractivity contribution in [3.63, 3.8) is 0 Å².